The Morgan fingerprint density at radius 1 is 1.32 bits per heavy atom. The molecular formula is C22H23BrFN3O. The van der Waals surface area contributed by atoms with Crippen LogP contribution in [0.4, 0.5) is 10.1 Å². The zero-order valence-corrected chi connectivity index (χ0v) is 18.0. The van der Waals surface area contributed by atoms with Gasteiger partial charge in [-0.1, -0.05) is 18.2 Å². The number of nitrogens with zero attached hydrogens (tertiary/aromatic N) is 2. The lowest BCUT2D eigenvalue weighted by Crippen LogP contribution is -2.45. The van der Waals surface area contributed by atoms with E-state index >= 15 is 0 Å². The minimum Gasteiger partial charge on any atom is -0.363 e. The van der Waals surface area contributed by atoms with Crippen LogP contribution in [0.1, 0.15) is 49.2 Å². The van der Waals surface area contributed by atoms with Crippen LogP contribution in [0.5, 0.6) is 0 Å². The third-order valence-corrected chi connectivity index (χ3v) is 5.59. The molecule has 146 valence electrons. The molecule has 6 heteroatoms. The van der Waals surface area contributed by atoms with Crippen LogP contribution in [0.25, 0.3) is 5.57 Å². The van der Waals surface area contributed by atoms with Crippen LogP contribution in [0.15, 0.2) is 52.0 Å². The van der Waals surface area contributed by atoms with Crippen molar-refractivity contribution in [2.45, 2.75) is 33.2 Å². The summed E-state index contributed by atoms with van der Waals surface area (Å²) < 4.78 is 15.4. The molecule has 0 saturated carbocycles. The highest BCUT2D eigenvalue weighted by molar-refractivity contribution is 9.10. The number of hydrazone groups is 1. The van der Waals surface area contributed by atoms with Gasteiger partial charge < -0.3 is 4.90 Å². The maximum Gasteiger partial charge on any atom is 0.272 e. The van der Waals surface area contributed by atoms with Gasteiger partial charge in [0.05, 0.1) is 17.3 Å². The summed E-state index contributed by atoms with van der Waals surface area (Å²) in [4.78, 5) is 14.4. The Labute approximate surface area is 173 Å². The molecule has 3 rings (SSSR count). The van der Waals surface area contributed by atoms with E-state index in [2.05, 4.69) is 58.2 Å². The highest BCUT2D eigenvalue weighted by Crippen LogP contribution is 2.39. The monoisotopic (exact) mass is 443 g/mol. The molecule has 0 fully saturated rings. The SMILES string of the molecule is CCN1c2cc(F)c(/C=N\NC(=O)c3ccccc3Br)cc2C(C)=CC1(C)C. The normalized spacial score (nSPS) is 15.4. The quantitative estimate of drug-likeness (QED) is 0.509. The van der Waals surface area contributed by atoms with Crippen molar-refractivity contribution in [3.8, 4) is 0 Å². The summed E-state index contributed by atoms with van der Waals surface area (Å²) in [7, 11) is 0. The molecule has 4 nitrogen and oxygen atoms in total. The van der Waals surface area contributed by atoms with Crippen molar-refractivity contribution >= 4 is 39.3 Å². The largest absolute Gasteiger partial charge is 0.363 e. The van der Waals surface area contributed by atoms with Gasteiger partial charge in [-0.05, 0) is 73.5 Å². The van der Waals surface area contributed by atoms with Gasteiger partial charge in [0.2, 0.25) is 0 Å². The lowest BCUT2D eigenvalue weighted by atomic mass is 9.88. The first-order valence-corrected chi connectivity index (χ1v) is 9.93. The third-order valence-electron chi connectivity index (χ3n) is 4.90. The number of likely N-dealkylation sites (N-methyl/N-ethyl adjacent to an activating group) is 1. The van der Waals surface area contributed by atoms with Crippen LogP contribution in [-0.4, -0.2) is 24.2 Å². The predicted molar refractivity (Wildman–Crippen MR) is 116 cm³/mol. The maximum atomic E-state index is 14.7. The van der Waals surface area contributed by atoms with Gasteiger partial charge in [-0.3, -0.25) is 4.79 Å². The fourth-order valence-electron chi connectivity index (χ4n) is 3.66. The maximum absolute atomic E-state index is 14.7. The van der Waals surface area contributed by atoms with E-state index < -0.39 is 0 Å². The first kappa shape index (κ1) is 20.3. The van der Waals surface area contributed by atoms with Crippen molar-refractivity contribution in [2.75, 3.05) is 11.4 Å². The van der Waals surface area contributed by atoms with Gasteiger partial charge in [-0.2, -0.15) is 5.10 Å². The van der Waals surface area contributed by atoms with E-state index in [9.17, 15) is 9.18 Å². The lowest BCUT2D eigenvalue weighted by Gasteiger charge is -2.42. The molecule has 0 aliphatic carbocycles. The molecule has 0 aromatic heterocycles. The summed E-state index contributed by atoms with van der Waals surface area (Å²) in [6, 6.07) is 10.4. The number of rotatable bonds is 4. The van der Waals surface area contributed by atoms with E-state index in [1.54, 1.807) is 30.3 Å². The number of halogens is 2. The van der Waals surface area contributed by atoms with Crippen molar-refractivity contribution in [2.24, 2.45) is 5.10 Å². The van der Waals surface area contributed by atoms with E-state index in [4.69, 9.17) is 0 Å². The Hall–Kier alpha value is -2.47. The fraction of sp³-hybridized carbons (Fsp3) is 0.273. The number of carbonyl (C=O) groups is 1. The number of carbonyl (C=O) groups excluding carboxylic acids is 1. The lowest BCUT2D eigenvalue weighted by molar-refractivity contribution is 0.0954. The average Bonchev–Trinajstić information content (AvgIpc) is 2.62. The van der Waals surface area contributed by atoms with E-state index in [0.717, 1.165) is 23.4 Å². The van der Waals surface area contributed by atoms with Gasteiger partial charge in [0.1, 0.15) is 5.82 Å². The zero-order valence-electron chi connectivity index (χ0n) is 16.4. The Balaban J connectivity index is 1.87. The van der Waals surface area contributed by atoms with Gasteiger partial charge in [-0.25, -0.2) is 9.82 Å². The fourth-order valence-corrected chi connectivity index (χ4v) is 4.12. The standard InChI is InChI=1S/C22H23BrFN3O/c1-5-27-20-11-19(24)15(10-17(20)14(2)12-22(27,3)4)13-25-26-21(28)16-8-6-7-9-18(16)23/h6-13H,5H2,1-4H3,(H,26,28)/b25-13-. The van der Waals surface area contributed by atoms with Crippen LogP contribution >= 0.6 is 15.9 Å². The van der Waals surface area contributed by atoms with Gasteiger partial charge in [0, 0.05) is 27.8 Å². The van der Waals surface area contributed by atoms with Crippen molar-refractivity contribution < 1.29 is 9.18 Å². The molecule has 1 amide bonds. The molecule has 0 saturated heterocycles. The van der Waals surface area contributed by atoms with E-state index in [0.29, 0.717) is 15.6 Å². The molecule has 2 aromatic carbocycles. The summed E-state index contributed by atoms with van der Waals surface area (Å²) in [5.74, 6) is -0.737. The van der Waals surface area contributed by atoms with E-state index in [1.807, 2.05) is 13.0 Å². The number of nitrogens with one attached hydrogen (secondary N) is 1. The molecule has 1 N–H and O–H groups in total. The molecule has 2 aromatic rings. The van der Waals surface area contributed by atoms with Crippen LogP contribution < -0.4 is 10.3 Å². The highest BCUT2D eigenvalue weighted by atomic mass is 79.9. The molecule has 0 spiro atoms. The number of hydrogen-bond donors (Lipinski definition) is 1. The molecular weight excluding hydrogens is 421 g/mol. The van der Waals surface area contributed by atoms with Crippen molar-refractivity contribution in [3.63, 3.8) is 0 Å². The minimum atomic E-state index is -0.374. The molecule has 1 aliphatic heterocycles. The summed E-state index contributed by atoms with van der Waals surface area (Å²) in [5, 5.41) is 3.94. The molecule has 1 aliphatic rings. The van der Waals surface area contributed by atoms with Crippen molar-refractivity contribution in [1.82, 2.24) is 5.43 Å². The Morgan fingerprint density at radius 2 is 2.04 bits per heavy atom. The third kappa shape index (κ3) is 3.87. The Kier molecular flexibility index (Phi) is 5.70. The molecule has 1 heterocycles. The van der Waals surface area contributed by atoms with E-state index in [-0.39, 0.29) is 17.3 Å². The second-order valence-electron chi connectivity index (χ2n) is 7.30. The second-order valence-corrected chi connectivity index (χ2v) is 8.15. The number of allylic oxidation sites excluding steroid dienone is 1. The van der Waals surface area contributed by atoms with Gasteiger partial charge >= 0.3 is 0 Å². The average molecular weight is 444 g/mol. The molecule has 0 atom stereocenters. The van der Waals surface area contributed by atoms with Gasteiger partial charge in [-0.15, -0.1) is 0 Å². The topological polar surface area (TPSA) is 44.7 Å². The van der Waals surface area contributed by atoms with Crippen LogP contribution in [0, 0.1) is 5.82 Å². The summed E-state index contributed by atoms with van der Waals surface area (Å²) >= 11 is 3.33. The Morgan fingerprint density at radius 3 is 2.71 bits per heavy atom. The van der Waals surface area contributed by atoms with Crippen molar-refractivity contribution in [3.05, 3.63) is 69.5 Å². The number of hydrogen-bond acceptors (Lipinski definition) is 3. The van der Waals surface area contributed by atoms with Gasteiger partial charge in [0.25, 0.3) is 5.91 Å². The number of benzene rings is 2. The predicted octanol–water partition coefficient (Wildman–Crippen LogP) is 5.37. The van der Waals surface area contributed by atoms with Crippen molar-refractivity contribution in [1.29, 1.82) is 0 Å². The summed E-state index contributed by atoms with van der Waals surface area (Å²) in [6.45, 7) is 9.10. The molecule has 0 radical (unpaired) electrons. The molecule has 0 unspecified atom stereocenters. The van der Waals surface area contributed by atoms with Crippen LogP contribution in [-0.2, 0) is 0 Å². The van der Waals surface area contributed by atoms with Gasteiger partial charge in [0.15, 0.2) is 0 Å². The minimum absolute atomic E-state index is 0.176. The summed E-state index contributed by atoms with van der Waals surface area (Å²) in [5.41, 5.74) is 6.01. The Bertz CT molecular complexity index is 982. The smallest absolute Gasteiger partial charge is 0.272 e. The number of fused-ring (bicyclic) bond motifs is 1. The first-order chi connectivity index (χ1) is 13.2. The first-order valence-electron chi connectivity index (χ1n) is 9.13. The van der Waals surface area contributed by atoms with E-state index in [1.165, 1.54) is 6.21 Å². The number of anilines is 1. The van der Waals surface area contributed by atoms with Crippen LogP contribution in [0.3, 0.4) is 0 Å². The highest BCUT2D eigenvalue weighted by Gasteiger charge is 2.30. The second kappa shape index (κ2) is 7.87. The molecule has 28 heavy (non-hydrogen) atoms. The van der Waals surface area contributed by atoms with Crippen LogP contribution in [0.2, 0.25) is 0 Å². The summed E-state index contributed by atoms with van der Waals surface area (Å²) in [6.07, 6.45) is 3.53. The number of amides is 1. The zero-order chi connectivity index (χ0) is 20.5. The molecule has 0 bridgehead atoms.